The van der Waals surface area contributed by atoms with E-state index in [0.29, 0.717) is 0 Å². The summed E-state index contributed by atoms with van der Waals surface area (Å²) < 4.78 is 5.27. The van der Waals surface area contributed by atoms with Gasteiger partial charge >= 0.3 is 0 Å². The minimum Gasteiger partial charge on any atom is -0.497 e. The Kier molecular flexibility index (Phi) is 3.91. The van der Waals surface area contributed by atoms with Crippen LogP contribution in [0.2, 0.25) is 0 Å². The second kappa shape index (κ2) is 5.45. The lowest BCUT2D eigenvalue weighted by atomic mass is 9.75. The van der Waals surface area contributed by atoms with E-state index in [-0.39, 0.29) is 11.5 Å². The average molecular weight is 255 g/mol. The highest BCUT2D eigenvalue weighted by atomic mass is 16.5. The lowest BCUT2D eigenvalue weighted by Crippen LogP contribution is -2.33. The Morgan fingerprint density at radius 2 is 1.68 bits per heavy atom. The monoisotopic (exact) mass is 255 g/mol. The van der Waals surface area contributed by atoms with Gasteiger partial charge in [-0.1, -0.05) is 56.3 Å². The summed E-state index contributed by atoms with van der Waals surface area (Å²) in [6.07, 6.45) is 0. The van der Waals surface area contributed by atoms with Gasteiger partial charge in [0.25, 0.3) is 0 Å². The molecule has 0 spiro atoms. The normalized spacial score (nSPS) is 13.1. The molecule has 1 atom stereocenters. The molecule has 1 unspecified atom stereocenters. The number of hydrogen-bond acceptors (Lipinski definition) is 2. The van der Waals surface area contributed by atoms with Crippen molar-refractivity contribution in [1.82, 2.24) is 0 Å². The van der Waals surface area contributed by atoms with Crippen LogP contribution < -0.4 is 10.5 Å². The molecular weight excluding hydrogens is 234 g/mol. The predicted octanol–water partition coefficient (Wildman–Crippen LogP) is 3.67. The van der Waals surface area contributed by atoms with Gasteiger partial charge in [0.05, 0.1) is 7.11 Å². The summed E-state index contributed by atoms with van der Waals surface area (Å²) >= 11 is 0. The van der Waals surface area contributed by atoms with E-state index in [4.69, 9.17) is 10.5 Å². The first-order valence-electron chi connectivity index (χ1n) is 6.51. The van der Waals surface area contributed by atoms with E-state index in [2.05, 4.69) is 44.2 Å². The first-order chi connectivity index (χ1) is 9.05. The molecular formula is C17H21NO. The fourth-order valence-corrected chi connectivity index (χ4v) is 2.30. The molecule has 2 aromatic carbocycles. The Hall–Kier alpha value is -1.80. The molecule has 19 heavy (non-hydrogen) atoms. The van der Waals surface area contributed by atoms with E-state index in [1.807, 2.05) is 24.3 Å². The summed E-state index contributed by atoms with van der Waals surface area (Å²) in [5.41, 5.74) is 8.67. The van der Waals surface area contributed by atoms with Gasteiger partial charge in [-0.2, -0.15) is 0 Å². The van der Waals surface area contributed by atoms with Crippen molar-refractivity contribution in [2.75, 3.05) is 7.11 Å². The molecule has 0 fully saturated rings. The average Bonchev–Trinajstić information content (AvgIpc) is 2.47. The molecule has 0 heterocycles. The van der Waals surface area contributed by atoms with Gasteiger partial charge in [0.15, 0.2) is 0 Å². The lowest BCUT2D eigenvalue weighted by Gasteiger charge is -2.32. The summed E-state index contributed by atoms with van der Waals surface area (Å²) in [5.74, 6) is 0.844. The van der Waals surface area contributed by atoms with Crippen molar-refractivity contribution in [3.05, 3.63) is 65.7 Å². The highest BCUT2D eigenvalue weighted by molar-refractivity contribution is 5.35. The fraction of sp³-hybridized carbons (Fsp3) is 0.294. The van der Waals surface area contributed by atoms with Crippen LogP contribution in [0.3, 0.4) is 0 Å². The summed E-state index contributed by atoms with van der Waals surface area (Å²) in [5, 5.41) is 0. The van der Waals surface area contributed by atoms with E-state index < -0.39 is 0 Å². The number of ether oxygens (including phenoxy) is 1. The zero-order chi connectivity index (χ0) is 13.9. The summed E-state index contributed by atoms with van der Waals surface area (Å²) in [6, 6.07) is 18.3. The third-order valence-corrected chi connectivity index (χ3v) is 3.75. The Morgan fingerprint density at radius 1 is 1.00 bits per heavy atom. The first-order valence-corrected chi connectivity index (χ1v) is 6.51. The molecule has 2 N–H and O–H groups in total. The van der Waals surface area contributed by atoms with Crippen molar-refractivity contribution < 1.29 is 4.74 Å². The number of methoxy groups -OCH3 is 1. The van der Waals surface area contributed by atoms with Gasteiger partial charge in [0, 0.05) is 11.5 Å². The molecule has 0 aliphatic rings. The number of nitrogens with two attached hydrogens (primary N) is 1. The predicted molar refractivity (Wildman–Crippen MR) is 79.4 cm³/mol. The molecule has 2 rings (SSSR count). The molecule has 0 aromatic heterocycles. The molecule has 0 radical (unpaired) electrons. The van der Waals surface area contributed by atoms with E-state index in [9.17, 15) is 0 Å². The molecule has 0 saturated heterocycles. The molecule has 0 saturated carbocycles. The molecule has 0 bridgehead atoms. The van der Waals surface area contributed by atoms with Crippen molar-refractivity contribution in [3.8, 4) is 5.75 Å². The van der Waals surface area contributed by atoms with E-state index in [1.165, 1.54) is 5.56 Å². The largest absolute Gasteiger partial charge is 0.497 e. The fourth-order valence-electron chi connectivity index (χ4n) is 2.30. The SMILES string of the molecule is COc1cccc(C(N)C(C)(C)c2ccccc2)c1. The maximum atomic E-state index is 6.47. The van der Waals surface area contributed by atoms with Gasteiger partial charge < -0.3 is 10.5 Å². The Balaban J connectivity index is 2.34. The molecule has 2 aromatic rings. The highest BCUT2D eigenvalue weighted by Crippen LogP contribution is 2.35. The van der Waals surface area contributed by atoms with Crippen LogP contribution in [-0.4, -0.2) is 7.11 Å². The van der Waals surface area contributed by atoms with Gasteiger partial charge in [-0.3, -0.25) is 0 Å². The molecule has 0 aliphatic heterocycles. The number of rotatable bonds is 4. The van der Waals surface area contributed by atoms with Gasteiger partial charge in [0.2, 0.25) is 0 Å². The van der Waals surface area contributed by atoms with E-state index >= 15 is 0 Å². The van der Waals surface area contributed by atoms with Gasteiger partial charge in [-0.25, -0.2) is 0 Å². The zero-order valence-corrected chi connectivity index (χ0v) is 11.8. The second-order valence-electron chi connectivity index (χ2n) is 5.34. The minimum atomic E-state index is -0.131. The smallest absolute Gasteiger partial charge is 0.119 e. The minimum absolute atomic E-state index is 0.0787. The Morgan fingerprint density at radius 3 is 2.32 bits per heavy atom. The Bertz CT molecular complexity index is 534. The summed E-state index contributed by atoms with van der Waals surface area (Å²) in [4.78, 5) is 0. The van der Waals surface area contributed by atoms with Crippen LogP contribution >= 0.6 is 0 Å². The van der Waals surface area contributed by atoms with Crippen molar-refractivity contribution in [2.24, 2.45) is 5.73 Å². The topological polar surface area (TPSA) is 35.2 Å². The van der Waals surface area contributed by atoms with Gasteiger partial charge in [-0.05, 0) is 23.3 Å². The third-order valence-electron chi connectivity index (χ3n) is 3.75. The molecule has 2 nitrogen and oxygen atoms in total. The van der Waals surface area contributed by atoms with Crippen molar-refractivity contribution in [3.63, 3.8) is 0 Å². The summed E-state index contributed by atoms with van der Waals surface area (Å²) in [6.45, 7) is 4.35. The second-order valence-corrected chi connectivity index (χ2v) is 5.34. The van der Waals surface area contributed by atoms with Crippen LogP contribution in [-0.2, 0) is 5.41 Å². The van der Waals surface area contributed by atoms with Gasteiger partial charge in [-0.15, -0.1) is 0 Å². The first kappa shape index (κ1) is 13.6. The van der Waals surface area contributed by atoms with Crippen molar-refractivity contribution >= 4 is 0 Å². The molecule has 100 valence electrons. The quantitative estimate of drug-likeness (QED) is 0.904. The molecule has 2 heteroatoms. The van der Waals surface area contributed by atoms with Crippen LogP contribution in [0, 0.1) is 0 Å². The van der Waals surface area contributed by atoms with Crippen LogP contribution in [0.5, 0.6) is 5.75 Å². The van der Waals surface area contributed by atoms with E-state index in [1.54, 1.807) is 7.11 Å². The maximum Gasteiger partial charge on any atom is 0.119 e. The number of benzene rings is 2. The highest BCUT2D eigenvalue weighted by Gasteiger charge is 2.29. The zero-order valence-electron chi connectivity index (χ0n) is 11.8. The Labute approximate surface area is 115 Å². The van der Waals surface area contributed by atoms with Crippen LogP contribution in [0.15, 0.2) is 54.6 Å². The van der Waals surface area contributed by atoms with Crippen molar-refractivity contribution in [1.29, 1.82) is 0 Å². The summed E-state index contributed by atoms with van der Waals surface area (Å²) in [7, 11) is 1.67. The van der Waals surface area contributed by atoms with Crippen LogP contribution in [0.1, 0.15) is 31.0 Å². The van der Waals surface area contributed by atoms with Crippen molar-refractivity contribution in [2.45, 2.75) is 25.3 Å². The number of hydrogen-bond donors (Lipinski definition) is 1. The standard InChI is InChI=1S/C17H21NO/c1-17(2,14-9-5-4-6-10-14)16(18)13-8-7-11-15(12-13)19-3/h4-12,16H,18H2,1-3H3. The lowest BCUT2D eigenvalue weighted by molar-refractivity contribution is 0.404. The third kappa shape index (κ3) is 2.79. The van der Waals surface area contributed by atoms with Crippen LogP contribution in [0.25, 0.3) is 0 Å². The van der Waals surface area contributed by atoms with E-state index in [0.717, 1.165) is 11.3 Å². The molecule has 0 aliphatic carbocycles. The van der Waals surface area contributed by atoms with Crippen LogP contribution in [0.4, 0.5) is 0 Å². The molecule has 0 amide bonds. The maximum absolute atomic E-state index is 6.47. The van der Waals surface area contributed by atoms with Gasteiger partial charge in [0.1, 0.15) is 5.75 Å².